The van der Waals surface area contributed by atoms with Gasteiger partial charge in [0.2, 0.25) is 11.8 Å². The van der Waals surface area contributed by atoms with E-state index in [4.69, 9.17) is 11.5 Å². The quantitative estimate of drug-likeness (QED) is 0.261. The molecule has 7 N–H and O–H groups in total. The molecule has 7 nitrogen and oxygen atoms in total. The Morgan fingerprint density at radius 3 is 1.69 bits per heavy atom. The van der Waals surface area contributed by atoms with Crippen molar-refractivity contribution >= 4 is 11.8 Å². The van der Waals surface area contributed by atoms with E-state index in [1.54, 1.807) is 0 Å². The van der Waals surface area contributed by atoms with Crippen molar-refractivity contribution in [2.24, 2.45) is 11.5 Å². The van der Waals surface area contributed by atoms with E-state index in [2.05, 4.69) is 10.6 Å². The van der Waals surface area contributed by atoms with E-state index in [0.717, 1.165) is 0 Å². The number of hydrogen-bond acceptors (Lipinski definition) is 5. The molecule has 7 heteroatoms. The zero-order chi connectivity index (χ0) is 12.4. The van der Waals surface area contributed by atoms with Crippen LogP contribution in [-0.2, 0) is 9.59 Å². The Labute approximate surface area is 94.6 Å². The van der Waals surface area contributed by atoms with E-state index in [9.17, 15) is 14.7 Å². The Balaban J connectivity index is 3.27. The molecule has 0 aliphatic heterocycles. The fourth-order valence-corrected chi connectivity index (χ4v) is 1.03. The largest absolute Gasteiger partial charge is 0.390 e. The number of carbonyl (C=O) groups is 2. The van der Waals surface area contributed by atoms with Gasteiger partial charge in [0.15, 0.2) is 0 Å². The summed E-state index contributed by atoms with van der Waals surface area (Å²) in [5, 5.41) is 15.2. The number of carbonyl (C=O) groups excluding carboxylic acids is 2. The summed E-state index contributed by atoms with van der Waals surface area (Å²) in [5.41, 5.74) is 9.88. The number of hydrogen-bond donors (Lipinski definition) is 5. The topological polar surface area (TPSA) is 130 Å². The molecular formula is C9H20N4O3. The first-order valence-electron chi connectivity index (χ1n) is 5.18. The molecule has 94 valence electrons. The van der Waals surface area contributed by atoms with Gasteiger partial charge in [0.1, 0.15) is 0 Å². The summed E-state index contributed by atoms with van der Waals surface area (Å²) in [7, 11) is 0. The van der Waals surface area contributed by atoms with Crippen LogP contribution in [0.3, 0.4) is 0 Å². The van der Waals surface area contributed by atoms with E-state index in [0.29, 0.717) is 26.2 Å². The van der Waals surface area contributed by atoms with Crippen molar-refractivity contribution in [1.82, 2.24) is 10.6 Å². The zero-order valence-electron chi connectivity index (χ0n) is 9.24. The van der Waals surface area contributed by atoms with Crippen LogP contribution in [0.2, 0.25) is 0 Å². The van der Waals surface area contributed by atoms with Crippen LogP contribution in [0.4, 0.5) is 0 Å². The van der Waals surface area contributed by atoms with Gasteiger partial charge in [-0.25, -0.2) is 0 Å². The monoisotopic (exact) mass is 232 g/mol. The number of amides is 2. The van der Waals surface area contributed by atoms with Crippen LogP contribution in [0, 0.1) is 0 Å². The fourth-order valence-electron chi connectivity index (χ4n) is 1.03. The summed E-state index contributed by atoms with van der Waals surface area (Å²) in [6.45, 7) is 1.65. The van der Waals surface area contributed by atoms with E-state index in [1.807, 2.05) is 0 Å². The average molecular weight is 232 g/mol. The van der Waals surface area contributed by atoms with Gasteiger partial charge in [0, 0.05) is 39.0 Å². The highest BCUT2D eigenvalue weighted by atomic mass is 16.3. The fraction of sp³-hybridized carbons (Fsp3) is 0.778. The van der Waals surface area contributed by atoms with Gasteiger partial charge < -0.3 is 27.2 Å². The van der Waals surface area contributed by atoms with Gasteiger partial charge in [-0.1, -0.05) is 0 Å². The normalized spacial score (nSPS) is 10.6. The predicted octanol–water partition coefficient (Wildman–Crippen LogP) is -2.72. The molecule has 0 bridgehead atoms. The van der Waals surface area contributed by atoms with Gasteiger partial charge >= 0.3 is 0 Å². The third-order valence-electron chi connectivity index (χ3n) is 1.86. The number of nitrogens with two attached hydrogens (primary N) is 2. The molecule has 0 fully saturated rings. The number of aliphatic hydroxyl groups excluding tert-OH is 1. The molecule has 0 aromatic heterocycles. The summed E-state index contributed by atoms with van der Waals surface area (Å²) in [6, 6.07) is 0. The van der Waals surface area contributed by atoms with Crippen LogP contribution in [0.25, 0.3) is 0 Å². The Morgan fingerprint density at radius 1 is 1.00 bits per heavy atom. The average Bonchev–Trinajstić information content (AvgIpc) is 2.19. The van der Waals surface area contributed by atoms with Crippen molar-refractivity contribution in [3.63, 3.8) is 0 Å². The summed E-state index contributed by atoms with van der Waals surface area (Å²) in [5.74, 6) is -0.747. The van der Waals surface area contributed by atoms with E-state index in [-0.39, 0.29) is 24.7 Å². The third kappa shape index (κ3) is 10.9. The Morgan fingerprint density at radius 2 is 1.38 bits per heavy atom. The standard InChI is InChI=1S/C9H20N4O3/c10-8(15)1-3-12-5-7(14)6-13-4-2-9(11)16/h7,12-14H,1-6H2,(H2,10,15)(H2,11,16). The highest BCUT2D eigenvalue weighted by molar-refractivity contribution is 5.74. The molecule has 0 aromatic rings. The molecule has 0 radical (unpaired) electrons. The Bertz CT molecular complexity index is 201. The molecule has 0 unspecified atom stereocenters. The maximum absolute atomic E-state index is 10.4. The second-order valence-electron chi connectivity index (χ2n) is 3.49. The van der Waals surface area contributed by atoms with Crippen LogP contribution in [0.1, 0.15) is 12.8 Å². The molecular weight excluding hydrogens is 212 g/mol. The molecule has 0 saturated carbocycles. The van der Waals surface area contributed by atoms with Crippen molar-refractivity contribution in [2.45, 2.75) is 18.9 Å². The first-order chi connectivity index (χ1) is 7.52. The lowest BCUT2D eigenvalue weighted by Gasteiger charge is -2.11. The van der Waals surface area contributed by atoms with Gasteiger partial charge in [-0.3, -0.25) is 9.59 Å². The molecule has 0 aromatic carbocycles. The zero-order valence-corrected chi connectivity index (χ0v) is 9.24. The molecule has 16 heavy (non-hydrogen) atoms. The molecule has 0 rings (SSSR count). The van der Waals surface area contributed by atoms with Gasteiger partial charge in [0.05, 0.1) is 6.10 Å². The first kappa shape index (κ1) is 14.8. The van der Waals surface area contributed by atoms with Crippen LogP contribution in [0.15, 0.2) is 0 Å². The summed E-state index contributed by atoms with van der Waals surface area (Å²) in [6.07, 6.45) is -0.0651. The van der Waals surface area contributed by atoms with Crippen molar-refractivity contribution in [2.75, 3.05) is 26.2 Å². The number of aliphatic hydroxyl groups is 1. The highest BCUT2D eigenvalue weighted by Crippen LogP contribution is 1.80. The van der Waals surface area contributed by atoms with Crippen LogP contribution < -0.4 is 22.1 Å². The van der Waals surface area contributed by atoms with Crippen molar-refractivity contribution in [1.29, 1.82) is 0 Å². The van der Waals surface area contributed by atoms with Gasteiger partial charge in [-0.2, -0.15) is 0 Å². The van der Waals surface area contributed by atoms with Gasteiger partial charge in [-0.15, -0.1) is 0 Å². The number of primary amides is 2. The van der Waals surface area contributed by atoms with Gasteiger partial charge in [-0.05, 0) is 0 Å². The molecule has 0 aliphatic carbocycles. The van der Waals surface area contributed by atoms with Crippen molar-refractivity contribution in [3.05, 3.63) is 0 Å². The van der Waals surface area contributed by atoms with Crippen LogP contribution >= 0.6 is 0 Å². The Kier molecular flexibility index (Phi) is 8.41. The molecule has 2 amide bonds. The minimum atomic E-state index is -0.569. The maximum atomic E-state index is 10.4. The molecule has 0 aliphatic rings. The van der Waals surface area contributed by atoms with Crippen molar-refractivity contribution in [3.8, 4) is 0 Å². The Hall–Kier alpha value is -1.18. The molecule has 0 saturated heterocycles. The van der Waals surface area contributed by atoms with Crippen molar-refractivity contribution < 1.29 is 14.7 Å². The van der Waals surface area contributed by atoms with E-state index < -0.39 is 6.10 Å². The lowest BCUT2D eigenvalue weighted by atomic mass is 10.3. The highest BCUT2D eigenvalue weighted by Gasteiger charge is 2.03. The summed E-state index contributed by atoms with van der Waals surface area (Å²) < 4.78 is 0. The maximum Gasteiger partial charge on any atom is 0.218 e. The van der Waals surface area contributed by atoms with E-state index in [1.165, 1.54) is 0 Å². The molecule has 0 atom stereocenters. The second-order valence-corrected chi connectivity index (χ2v) is 3.49. The van der Waals surface area contributed by atoms with Crippen LogP contribution in [-0.4, -0.2) is 49.2 Å². The SMILES string of the molecule is NC(=O)CCNCC(O)CNCCC(N)=O. The second kappa shape index (κ2) is 9.08. The summed E-state index contributed by atoms with van der Waals surface area (Å²) >= 11 is 0. The lowest BCUT2D eigenvalue weighted by molar-refractivity contribution is -0.118. The number of nitrogens with one attached hydrogen (secondary N) is 2. The third-order valence-corrected chi connectivity index (χ3v) is 1.86. The summed E-state index contributed by atoms with van der Waals surface area (Å²) in [4.78, 5) is 20.8. The number of rotatable bonds is 10. The lowest BCUT2D eigenvalue weighted by Crippen LogP contribution is -2.37. The first-order valence-corrected chi connectivity index (χ1v) is 5.18. The molecule has 0 heterocycles. The predicted molar refractivity (Wildman–Crippen MR) is 59.4 cm³/mol. The minimum Gasteiger partial charge on any atom is -0.390 e. The van der Waals surface area contributed by atoms with E-state index >= 15 is 0 Å². The van der Waals surface area contributed by atoms with Crippen LogP contribution in [0.5, 0.6) is 0 Å². The van der Waals surface area contributed by atoms with Gasteiger partial charge in [0.25, 0.3) is 0 Å². The smallest absolute Gasteiger partial charge is 0.218 e. The minimum absolute atomic E-state index is 0.252. The molecule has 0 spiro atoms.